The van der Waals surface area contributed by atoms with Crippen molar-refractivity contribution in [3.8, 4) is 0 Å². The topological polar surface area (TPSA) is 23.6 Å². The van der Waals surface area contributed by atoms with Crippen molar-refractivity contribution in [3.05, 3.63) is 69.7 Å². The van der Waals surface area contributed by atoms with E-state index in [0.717, 1.165) is 55.3 Å². The molecule has 0 spiro atoms. The molecule has 3 nitrogen and oxygen atoms in total. The fraction of sp³-hybridized carbons (Fsp3) is 0.381. The molecule has 1 aliphatic rings. The summed E-state index contributed by atoms with van der Waals surface area (Å²) in [7, 11) is 0. The van der Waals surface area contributed by atoms with E-state index in [1.165, 1.54) is 11.1 Å². The second-order valence-corrected chi connectivity index (χ2v) is 7.30. The SMILES string of the molecule is Cc1ccc(C(=O)N2CCCN(Cc3ccc(Cl)cc3)CC2)c(C)c1. The Kier molecular flexibility index (Phi) is 5.77. The number of nitrogens with zero attached hydrogens (tertiary/aromatic N) is 2. The normalized spacial score (nSPS) is 15.9. The summed E-state index contributed by atoms with van der Waals surface area (Å²) >= 11 is 5.96. The van der Waals surface area contributed by atoms with E-state index in [1.54, 1.807) is 0 Å². The average molecular weight is 357 g/mol. The Balaban J connectivity index is 1.62. The maximum absolute atomic E-state index is 12.9. The molecule has 3 rings (SSSR count). The monoisotopic (exact) mass is 356 g/mol. The molecule has 0 N–H and O–H groups in total. The van der Waals surface area contributed by atoms with Gasteiger partial charge in [0.15, 0.2) is 0 Å². The molecule has 0 aliphatic carbocycles. The van der Waals surface area contributed by atoms with Crippen molar-refractivity contribution in [2.75, 3.05) is 26.2 Å². The molecule has 1 saturated heterocycles. The first-order chi connectivity index (χ1) is 12.0. The van der Waals surface area contributed by atoms with Gasteiger partial charge in [0.05, 0.1) is 0 Å². The molecular formula is C21H25ClN2O. The zero-order valence-corrected chi connectivity index (χ0v) is 15.7. The summed E-state index contributed by atoms with van der Waals surface area (Å²) in [6, 6.07) is 14.1. The molecular weight excluding hydrogens is 332 g/mol. The molecule has 1 fully saturated rings. The highest BCUT2D eigenvalue weighted by atomic mass is 35.5. The predicted molar refractivity (Wildman–Crippen MR) is 103 cm³/mol. The highest BCUT2D eigenvalue weighted by molar-refractivity contribution is 6.30. The van der Waals surface area contributed by atoms with Crippen LogP contribution in [0, 0.1) is 13.8 Å². The van der Waals surface area contributed by atoms with Crippen LogP contribution in [0.2, 0.25) is 5.02 Å². The summed E-state index contributed by atoms with van der Waals surface area (Å²) in [5, 5.41) is 0.768. The summed E-state index contributed by atoms with van der Waals surface area (Å²) in [5.41, 5.74) is 4.35. The largest absolute Gasteiger partial charge is 0.337 e. The Hall–Kier alpha value is -1.84. The van der Waals surface area contributed by atoms with Gasteiger partial charge in [0.25, 0.3) is 5.91 Å². The van der Waals surface area contributed by atoms with Crippen LogP contribution >= 0.6 is 11.6 Å². The minimum absolute atomic E-state index is 0.158. The quantitative estimate of drug-likeness (QED) is 0.818. The number of benzene rings is 2. The van der Waals surface area contributed by atoms with E-state index in [2.05, 4.69) is 30.0 Å². The van der Waals surface area contributed by atoms with E-state index >= 15 is 0 Å². The second kappa shape index (κ2) is 8.03. The van der Waals surface area contributed by atoms with Crippen LogP contribution in [-0.4, -0.2) is 41.9 Å². The van der Waals surface area contributed by atoms with E-state index in [0.29, 0.717) is 0 Å². The van der Waals surface area contributed by atoms with Crippen LogP contribution in [0.15, 0.2) is 42.5 Å². The van der Waals surface area contributed by atoms with Crippen molar-refractivity contribution < 1.29 is 4.79 Å². The van der Waals surface area contributed by atoms with Gasteiger partial charge in [0.1, 0.15) is 0 Å². The lowest BCUT2D eigenvalue weighted by Crippen LogP contribution is -2.35. The van der Waals surface area contributed by atoms with Gasteiger partial charge in [-0.1, -0.05) is 41.4 Å². The summed E-state index contributed by atoms with van der Waals surface area (Å²) in [6.07, 6.45) is 1.00. The number of halogens is 1. The fourth-order valence-electron chi connectivity index (χ4n) is 3.40. The number of hydrogen-bond acceptors (Lipinski definition) is 2. The average Bonchev–Trinajstić information content (AvgIpc) is 2.82. The molecule has 25 heavy (non-hydrogen) atoms. The highest BCUT2D eigenvalue weighted by Crippen LogP contribution is 2.16. The molecule has 1 aliphatic heterocycles. The Labute approximate surface area is 155 Å². The minimum atomic E-state index is 0.158. The van der Waals surface area contributed by atoms with Gasteiger partial charge in [-0.15, -0.1) is 0 Å². The van der Waals surface area contributed by atoms with Crippen molar-refractivity contribution >= 4 is 17.5 Å². The molecule has 0 radical (unpaired) electrons. The molecule has 2 aromatic rings. The van der Waals surface area contributed by atoms with E-state index in [-0.39, 0.29) is 5.91 Å². The zero-order valence-electron chi connectivity index (χ0n) is 15.0. The molecule has 0 atom stereocenters. The maximum atomic E-state index is 12.9. The van der Waals surface area contributed by atoms with Gasteiger partial charge in [-0.05, 0) is 49.6 Å². The van der Waals surface area contributed by atoms with Crippen molar-refractivity contribution in [2.24, 2.45) is 0 Å². The third kappa shape index (κ3) is 4.62. The van der Waals surface area contributed by atoms with Crippen LogP contribution in [0.25, 0.3) is 0 Å². The van der Waals surface area contributed by atoms with Crippen LogP contribution in [0.1, 0.15) is 33.5 Å². The standard InChI is InChI=1S/C21H25ClN2O/c1-16-4-9-20(17(2)14-16)21(25)24-11-3-10-23(12-13-24)15-18-5-7-19(22)8-6-18/h4-9,14H,3,10-13,15H2,1-2H3. The van der Waals surface area contributed by atoms with Crippen molar-refractivity contribution in [1.29, 1.82) is 0 Å². The predicted octanol–water partition coefficient (Wildman–Crippen LogP) is 4.30. The summed E-state index contributed by atoms with van der Waals surface area (Å²) in [6.45, 7) is 8.50. The molecule has 0 saturated carbocycles. The summed E-state index contributed by atoms with van der Waals surface area (Å²) < 4.78 is 0. The maximum Gasteiger partial charge on any atom is 0.254 e. The molecule has 4 heteroatoms. The molecule has 132 valence electrons. The first-order valence-electron chi connectivity index (χ1n) is 8.86. The highest BCUT2D eigenvalue weighted by Gasteiger charge is 2.21. The molecule has 0 unspecified atom stereocenters. The molecule has 2 aromatic carbocycles. The molecule has 1 heterocycles. The van der Waals surface area contributed by atoms with E-state index < -0.39 is 0 Å². The van der Waals surface area contributed by atoms with E-state index in [4.69, 9.17) is 11.6 Å². The number of carbonyl (C=O) groups excluding carboxylic acids is 1. The smallest absolute Gasteiger partial charge is 0.254 e. The van der Waals surface area contributed by atoms with E-state index in [9.17, 15) is 4.79 Å². The first kappa shape index (κ1) is 18.0. The Morgan fingerprint density at radius 2 is 1.76 bits per heavy atom. The number of carbonyl (C=O) groups is 1. The van der Waals surface area contributed by atoms with Gasteiger partial charge in [-0.3, -0.25) is 9.69 Å². The molecule has 1 amide bonds. The zero-order chi connectivity index (χ0) is 17.8. The fourth-order valence-corrected chi connectivity index (χ4v) is 3.53. The van der Waals surface area contributed by atoms with Crippen molar-refractivity contribution in [3.63, 3.8) is 0 Å². The minimum Gasteiger partial charge on any atom is -0.337 e. The van der Waals surface area contributed by atoms with Gasteiger partial charge in [-0.25, -0.2) is 0 Å². The van der Waals surface area contributed by atoms with Crippen LogP contribution in [-0.2, 0) is 6.54 Å². The Bertz CT molecular complexity index is 742. The van der Waals surface area contributed by atoms with Gasteiger partial charge in [-0.2, -0.15) is 0 Å². The second-order valence-electron chi connectivity index (χ2n) is 6.87. The van der Waals surface area contributed by atoms with Crippen LogP contribution in [0.4, 0.5) is 0 Å². The van der Waals surface area contributed by atoms with E-state index in [1.807, 2.05) is 36.1 Å². The van der Waals surface area contributed by atoms with Gasteiger partial charge < -0.3 is 4.90 Å². The van der Waals surface area contributed by atoms with Crippen molar-refractivity contribution in [1.82, 2.24) is 9.80 Å². The third-order valence-corrected chi connectivity index (χ3v) is 5.06. The number of amides is 1. The Morgan fingerprint density at radius 1 is 1.00 bits per heavy atom. The lowest BCUT2D eigenvalue weighted by Gasteiger charge is -2.23. The lowest BCUT2D eigenvalue weighted by atomic mass is 10.0. The number of aryl methyl sites for hydroxylation is 2. The number of rotatable bonds is 3. The summed E-state index contributed by atoms with van der Waals surface area (Å²) in [5.74, 6) is 0.158. The van der Waals surface area contributed by atoms with Crippen LogP contribution < -0.4 is 0 Å². The molecule has 0 aromatic heterocycles. The van der Waals surface area contributed by atoms with Gasteiger partial charge >= 0.3 is 0 Å². The lowest BCUT2D eigenvalue weighted by molar-refractivity contribution is 0.0760. The first-order valence-corrected chi connectivity index (χ1v) is 9.24. The van der Waals surface area contributed by atoms with Crippen LogP contribution in [0.5, 0.6) is 0 Å². The number of hydrogen-bond donors (Lipinski definition) is 0. The molecule has 0 bridgehead atoms. The van der Waals surface area contributed by atoms with Crippen LogP contribution in [0.3, 0.4) is 0 Å². The van der Waals surface area contributed by atoms with Gasteiger partial charge in [0.2, 0.25) is 0 Å². The van der Waals surface area contributed by atoms with Crippen molar-refractivity contribution in [2.45, 2.75) is 26.8 Å². The van der Waals surface area contributed by atoms with Gasteiger partial charge in [0, 0.05) is 43.3 Å². The Morgan fingerprint density at radius 3 is 2.48 bits per heavy atom. The third-order valence-electron chi connectivity index (χ3n) is 4.81. The summed E-state index contributed by atoms with van der Waals surface area (Å²) in [4.78, 5) is 17.3.